The first-order valence-electron chi connectivity index (χ1n) is 11.1. The maximum atomic E-state index is 13.0. The third-order valence-corrected chi connectivity index (χ3v) is 7.96. The minimum Gasteiger partial charge on any atom is -0.342 e. The predicted molar refractivity (Wildman–Crippen MR) is 123 cm³/mol. The molecule has 0 radical (unpaired) electrons. The maximum absolute atomic E-state index is 13.0. The molecule has 0 bridgehead atoms. The Hall–Kier alpha value is -2.24. The number of amides is 1. The summed E-state index contributed by atoms with van der Waals surface area (Å²) in [6, 6.07) is 17.5. The van der Waals surface area contributed by atoms with Crippen molar-refractivity contribution in [3.8, 4) is 0 Å². The number of thiazole rings is 1. The summed E-state index contributed by atoms with van der Waals surface area (Å²) in [6.45, 7) is 2.19. The van der Waals surface area contributed by atoms with Crippen LogP contribution in [0.15, 0.2) is 48.5 Å². The number of aromatic nitrogens is 1. The van der Waals surface area contributed by atoms with E-state index in [-0.39, 0.29) is 5.91 Å². The molecule has 2 heterocycles. The van der Waals surface area contributed by atoms with Gasteiger partial charge in [-0.05, 0) is 62.4 Å². The number of para-hydroxylation sites is 1. The topological polar surface area (TPSA) is 36.4 Å². The summed E-state index contributed by atoms with van der Waals surface area (Å²) in [5, 5.41) is 1.24. The number of carbonyl (C=O) groups excluding carboxylic acids is 1. The van der Waals surface area contributed by atoms with E-state index in [2.05, 4.69) is 59.3 Å². The zero-order chi connectivity index (χ0) is 20.5. The van der Waals surface area contributed by atoms with Gasteiger partial charge in [-0.2, -0.15) is 0 Å². The van der Waals surface area contributed by atoms with E-state index < -0.39 is 0 Å². The SMILES string of the molecule is CN(CC(=O)N1CCC(c2nc3ccccc3s2)CC1)[C@@H]1CCCc2ccccc21. The Labute approximate surface area is 182 Å². The molecule has 2 aromatic carbocycles. The van der Waals surface area contributed by atoms with E-state index in [0.29, 0.717) is 18.5 Å². The first-order chi connectivity index (χ1) is 14.7. The van der Waals surface area contributed by atoms with Crippen molar-refractivity contribution in [1.82, 2.24) is 14.8 Å². The van der Waals surface area contributed by atoms with Crippen LogP contribution in [0.4, 0.5) is 0 Å². The molecule has 1 atom stereocenters. The molecule has 1 saturated heterocycles. The highest BCUT2D eigenvalue weighted by Crippen LogP contribution is 2.35. The summed E-state index contributed by atoms with van der Waals surface area (Å²) in [5.41, 5.74) is 3.96. The van der Waals surface area contributed by atoms with Gasteiger partial charge < -0.3 is 4.90 Å². The lowest BCUT2D eigenvalue weighted by molar-refractivity contribution is -0.133. The zero-order valence-corrected chi connectivity index (χ0v) is 18.4. The largest absolute Gasteiger partial charge is 0.342 e. The number of likely N-dealkylation sites (tertiary alicyclic amines) is 1. The Morgan fingerprint density at radius 2 is 1.87 bits per heavy atom. The minimum atomic E-state index is 0.267. The average Bonchev–Trinajstić information content (AvgIpc) is 3.23. The third-order valence-electron chi connectivity index (χ3n) is 6.76. The van der Waals surface area contributed by atoms with Gasteiger partial charge in [0.25, 0.3) is 0 Å². The molecule has 1 aliphatic carbocycles. The van der Waals surface area contributed by atoms with Crippen molar-refractivity contribution >= 4 is 27.5 Å². The number of rotatable bonds is 4. The second-order valence-corrected chi connectivity index (χ2v) is 9.76. The highest BCUT2D eigenvalue weighted by molar-refractivity contribution is 7.18. The molecule has 0 spiro atoms. The summed E-state index contributed by atoms with van der Waals surface area (Å²) >= 11 is 1.81. The van der Waals surface area contributed by atoms with E-state index in [9.17, 15) is 4.79 Å². The van der Waals surface area contributed by atoms with Crippen molar-refractivity contribution < 1.29 is 4.79 Å². The lowest BCUT2D eigenvalue weighted by Crippen LogP contribution is -2.44. The van der Waals surface area contributed by atoms with Gasteiger partial charge in [0, 0.05) is 25.0 Å². The van der Waals surface area contributed by atoms with Crippen molar-refractivity contribution in [3.63, 3.8) is 0 Å². The quantitative estimate of drug-likeness (QED) is 0.596. The van der Waals surface area contributed by atoms with Crippen LogP contribution in [-0.2, 0) is 11.2 Å². The van der Waals surface area contributed by atoms with Gasteiger partial charge >= 0.3 is 0 Å². The van der Waals surface area contributed by atoms with E-state index in [1.54, 1.807) is 0 Å². The summed E-state index contributed by atoms with van der Waals surface area (Å²) < 4.78 is 1.26. The van der Waals surface area contributed by atoms with Gasteiger partial charge in [-0.3, -0.25) is 9.69 Å². The summed E-state index contributed by atoms with van der Waals surface area (Å²) in [4.78, 5) is 22.2. The van der Waals surface area contributed by atoms with Crippen LogP contribution >= 0.6 is 11.3 Å². The Kier molecular flexibility index (Phi) is 5.57. The van der Waals surface area contributed by atoms with Gasteiger partial charge in [-0.1, -0.05) is 36.4 Å². The van der Waals surface area contributed by atoms with Gasteiger partial charge in [0.2, 0.25) is 5.91 Å². The van der Waals surface area contributed by atoms with Gasteiger partial charge in [0.1, 0.15) is 0 Å². The fourth-order valence-corrected chi connectivity index (χ4v) is 6.19. The Balaban J connectivity index is 1.19. The first-order valence-corrected chi connectivity index (χ1v) is 11.9. The fourth-order valence-electron chi connectivity index (χ4n) is 5.05. The van der Waals surface area contributed by atoms with Gasteiger partial charge in [-0.25, -0.2) is 4.98 Å². The van der Waals surface area contributed by atoms with Crippen LogP contribution in [0.25, 0.3) is 10.2 Å². The number of carbonyl (C=O) groups is 1. The lowest BCUT2D eigenvalue weighted by atomic mass is 9.87. The normalized spacial score (nSPS) is 19.9. The molecule has 1 fully saturated rings. The molecule has 1 aliphatic heterocycles. The van der Waals surface area contributed by atoms with Crippen LogP contribution in [0, 0.1) is 0 Å². The van der Waals surface area contributed by atoms with Gasteiger partial charge in [0.15, 0.2) is 0 Å². The maximum Gasteiger partial charge on any atom is 0.236 e. The molecule has 4 nitrogen and oxygen atoms in total. The molecule has 30 heavy (non-hydrogen) atoms. The fraction of sp³-hybridized carbons (Fsp3) is 0.440. The predicted octanol–water partition coefficient (Wildman–Crippen LogP) is 5.01. The van der Waals surface area contributed by atoms with E-state index in [1.165, 1.54) is 27.3 Å². The van der Waals surface area contributed by atoms with Crippen molar-refractivity contribution in [2.45, 2.75) is 44.1 Å². The molecule has 3 aromatic rings. The van der Waals surface area contributed by atoms with Crippen molar-refractivity contribution in [2.75, 3.05) is 26.7 Å². The lowest BCUT2D eigenvalue weighted by Gasteiger charge is -2.36. The van der Waals surface area contributed by atoms with Gasteiger partial charge in [0.05, 0.1) is 21.8 Å². The van der Waals surface area contributed by atoms with E-state index in [0.717, 1.165) is 44.3 Å². The van der Waals surface area contributed by atoms with Crippen LogP contribution in [0.3, 0.4) is 0 Å². The van der Waals surface area contributed by atoms with E-state index in [1.807, 2.05) is 17.4 Å². The number of aryl methyl sites for hydroxylation is 1. The molecule has 156 valence electrons. The van der Waals surface area contributed by atoms with E-state index >= 15 is 0 Å². The summed E-state index contributed by atoms with van der Waals surface area (Å²) in [7, 11) is 2.11. The highest BCUT2D eigenvalue weighted by Gasteiger charge is 2.29. The number of benzene rings is 2. The molecule has 1 amide bonds. The number of hydrogen-bond donors (Lipinski definition) is 0. The van der Waals surface area contributed by atoms with Crippen molar-refractivity contribution in [1.29, 1.82) is 0 Å². The van der Waals surface area contributed by atoms with Crippen molar-refractivity contribution in [3.05, 3.63) is 64.7 Å². The van der Waals surface area contributed by atoms with E-state index in [4.69, 9.17) is 4.98 Å². The molecule has 0 saturated carbocycles. The summed E-state index contributed by atoms with van der Waals surface area (Å²) in [5.74, 6) is 0.748. The number of fused-ring (bicyclic) bond motifs is 2. The molecule has 5 heteroatoms. The molecule has 2 aliphatic rings. The summed E-state index contributed by atoms with van der Waals surface area (Å²) in [6.07, 6.45) is 5.53. The Morgan fingerprint density at radius 1 is 1.10 bits per heavy atom. The third kappa shape index (κ3) is 3.88. The Morgan fingerprint density at radius 3 is 2.70 bits per heavy atom. The van der Waals surface area contributed by atoms with Crippen LogP contribution < -0.4 is 0 Å². The van der Waals surface area contributed by atoms with Crippen molar-refractivity contribution in [2.24, 2.45) is 0 Å². The average molecular weight is 420 g/mol. The minimum absolute atomic E-state index is 0.267. The molecule has 1 aromatic heterocycles. The molecular weight excluding hydrogens is 390 g/mol. The number of piperidine rings is 1. The molecule has 0 N–H and O–H groups in total. The van der Waals surface area contributed by atoms with Gasteiger partial charge in [-0.15, -0.1) is 11.3 Å². The Bertz CT molecular complexity index is 1000. The number of likely N-dealkylation sites (N-methyl/N-ethyl adjacent to an activating group) is 1. The monoisotopic (exact) mass is 419 g/mol. The van der Waals surface area contributed by atoms with Crippen LogP contribution in [-0.4, -0.2) is 47.4 Å². The van der Waals surface area contributed by atoms with Crippen LogP contribution in [0.5, 0.6) is 0 Å². The number of nitrogens with zero attached hydrogens (tertiary/aromatic N) is 3. The molecule has 5 rings (SSSR count). The van der Waals surface area contributed by atoms with Crippen LogP contribution in [0.1, 0.15) is 53.8 Å². The second-order valence-electron chi connectivity index (χ2n) is 8.70. The zero-order valence-electron chi connectivity index (χ0n) is 17.6. The smallest absolute Gasteiger partial charge is 0.236 e. The molecular formula is C25H29N3OS. The molecule has 0 unspecified atom stereocenters. The number of hydrogen-bond acceptors (Lipinski definition) is 4. The standard InChI is InChI=1S/C25H29N3OS/c1-27(22-11-6-8-18-7-2-3-9-20(18)22)17-24(29)28-15-13-19(14-16-28)25-26-21-10-4-5-12-23(21)30-25/h2-5,7,9-10,12,19,22H,6,8,11,13-17H2,1H3/t22-/m1/s1. The second kappa shape index (κ2) is 8.48. The highest BCUT2D eigenvalue weighted by atomic mass is 32.1. The van der Waals surface area contributed by atoms with Crippen LogP contribution in [0.2, 0.25) is 0 Å². The first kappa shape index (κ1) is 19.7.